The second-order valence-electron chi connectivity index (χ2n) is 4.81. The minimum Gasteiger partial charge on any atom is -0.485 e. The molecule has 20 heavy (non-hydrogen) atoms. The summed E-state index contributed by atoms with van der Waals surface area (Å²) in [5, 5.41) is 10.3. The number of halogens is 1. The summed E-state index contributed by atoms with van der Waals surface area (Å²) in [6.07, 6.45) is 2.07. The van der Waals surface area contributed by atoms with Crippen LogP contribution in [0.3, 0.4) is 0 Å². The molecule has 2 aromatic carbocycles. The molecule has 0 aromatic heterocycles. The molecule has 4 heteroatoms. The molecule has 0 saturated heterocycles. The molecule has 1 aliphatic rings. The van der Waals surface area contributed by atoms with Gasteiger partial charge in [0, 0.05) is 21.4 Å². The zero-order valence-corrected chi connectivity index (χ0v) is 13.4. The van der Waals surface area contributed by atoms with Crippen molar-refractivity contribution in [1.29, 1.82) is 0 Å². The van der Waals surface area contributed by atoms with Crippen molar-refractivity contribution in [1.82, 2.24) is 0 Å². The molecule has 1 unspecified atom stereocenters. The second-order valence-corrected chi connectivity index (χ2v) is 6.61. The number of aliphatic hydroxyl groups is 1. The molecular formula is C16H15BrO2S. The van der Waals surface area contributed by atoms with Crippen molar-refractivity contribution in [2.24, 2.45) is 0 Å². The number of aliphatic hydroxyl groups excluding tert-OH is 1. The molecule has 3 rings (SSSR count). The van der Waals surface area contributed by atoms with E-state index >= 15 is 0 Å². The van der Waals surface area contributed by atoms with Gasteiger partial charge in [-0.05, 0) is 42.2 Å². The molecule has 2 nitrogen and oxygen atoms in total. The van der Waals surface area contributed by atoms with E-state index in [4.69, 9.17) is 4.74 Å². The summed E-state index contributed by atoms with van der Waals surface area (Å²) in [7, 11) is 0. The molecule has 2 atom stereocenters. The summed E-state index contributed by atoms with van der Waals surface area (Å²) in [5.74, 6) is 0.769. The lowest BCUT2D eigenvalue weighted by Gasteiger charge is -2.30. The van der Waals surface area contributed by atoms with Gasteiger partial charge in [-0.2, -0.15) is 0 Å². The Kier molecular flexibility index (Phi) is 4.06. The van der Waals surface area contributed by atoms with Crippen LogP contribution in [0.25, 0.3) is 0 Å². The summed E-state index contributed by atoms with van der Waals surface area (Å²) in [6.45, 7) is 0. The molecule has 2 aromatic rings. The molecule has 1 heterocycles. The highest BCUT2D eigenvalue weighted by Gasteiger charge is 2.28. The third-order valence-corrected chi connectivity index (χ3v) is 4.76. The summed E-state index contributed by atoms with van der Waals surface area (Å²) < 4.78 is 6.99. The van der Waals surface area contributed by atoms with Gasteiger partial charge in [-0.1, -0.05) is 28.1 Å². The Morgan fingerprint density at radius 1 is 1.20 bits per heavy atom. The SMILES string of the molecule is CSc1ccc(C2C[C@@H](O)c3cc(Br)ccc3O2)cc1. The fourth-order valence-electron chi connectivity index (χ4n) is 2.44. The van der Waals surface area contributed by atoms with E-state index in [1.54, 1.807) is 11.8 Å². The molecular weight excluding hydrogens is 336 g/mol. The van der Waals surface area contributed by atoms with Crippen LogP contribution < -0.4 is 4.74 Å². The zero-order valence-electron chi connectivity index (χ0n) is 11.0. The van der Waals surface area contributed by atoms with Gasteiger partial charge in [-0.25, -0.2) is 0 Å². The highest BCUT2D eigenvalue weighted by Crippen LogP contribution is 2.41. The third-order valence-electron chi connectivity index (χ3n) is 3.52. The van der Waals surface area contributed by atoms with Gasteiger partial charge >= 0.3 is 0 Å². The van der Waals surface area contributed by atoms with E-state index < -0.39 is 6.10 Å². The minimum atomic E-state index is -0.485. The first-order valence-corrected chi connectivity index (χ1v) is 8.47. The largest absolute Gasteiger partial charge is 0.485 e. The molecule has 0 radical (unpaired) electrons. The Bertz CT molecular complexity index is 612. The minimum absolute atomic E-state index is 0.0884. The fourth-order valence-corrected chi connectivity index (χ4v) is 3.23. The first-order valence-electron chi connectivity index (χ1n) is 6.45. The van der Waals surface area contributed by atoms with Crippen molar-refractivity contribution in [2.75, 3.05) is 6.26 Å². The maximum Gasteiger partial charge on any atom is 0.127 e. The van der Waals surface area contributed by atoms with Crippen molar-refractivity contribution in [3.8, 4) is 5.75 Å². The number of hydrogen-bond donors (Lipinski definition) is 1. The van der Waals surface area contributed by atoms with Gasteiger partial charge in [0.15, 0.2) is 0 Å². The van der Waals surface area contributed by atoms with Crippen LogP contribution in [0.2, 0.25) is 0 Å². The van der Waals surface area contributed by atoms with Crippen LogP contribution in [0.1, 0.15) is 29.8 Å². The maximum atomic E-state index is 10.3. The van der Waals surface area contributed by atoms with Crippen LogP contribution in [0.5, 0.6) is 5.75 Å². The fraction of sp³-hybridized carbons (Fsp3) is 0.250. The smallest absolute Gasteiger partial charge is 0.127 e. The van der Waals surface area contributed by atoms with Crippen molar-refractivity contribution in [3.05, 3.63) is 58.1 Å². The summed E-state index contributed by atoms with van der Waals surface area (Å²) in [5.41, 5.74) is 1.96. The third kappa shape index (κ3) is 2.73. The van der Waals surface area contributed by atoms with Crippen LogP contribution in [-0.4, -0.2) is 11.4 Å². The van der Waals surface area contributed by atoms with Gasteiger partial charge in [0.1, 0.15) is 11.9 Å². The van der Waals surface area contributed by atoms with Crippen LogP contribution >= 0.6 is 27.7 Å². The lowest BCUT2D eigenvalue weighted by molar-refractivity contribution is 0.0656. The zero-order chi connectivity index (χ0) is 14.1. The average Bonchev–Trinajstić information content (AvgIpc) is 2.48. The van der Waals surface area contributed by atoms with Crippen molar-refractivity contribution < 1.29 is 9.84 Å². The first kappa shape index (κ1) is 14.0. The average molecular weight is 351 g/mol. The van der Waals surface area contributed by atoms with Gasteiger partial charge in [0.05, 0.1) is 6.10 Å². The number of benzene rings is 2. The molecule has 0 bridgehead atoms. The molecule has 0 fully saturated rings. The number of fused-ring (bicyclic) bond motifs is 1. The maximum absolute atomic E-state index is 10.3. The number of rotatable bonds is 2. The molecule has 1 N–H and O–H groups in total. The Hall–Kier alpha value is -0.970. The molecule has 1 aliphatic heterocycles. The van der Waals surface area contributed by atoms with E-state index in [9.17, 15) is 5.11 Å². The molecule has 0 aliphatic carbocycles. The lowest BCUT2D eigenvalue weighted by Crippen LogP contribution is -2.19. The van der Waals surface area contributed by atoms with E-state index in [1.165, 1.54) is 4.90 Å². The van der Waals surface area contributed by atoms with E-state index in [0.717, 1.165) is 21.3 Å². The first-order chi connectivity index (χ1) is 9.67. The molecule has 104 valence electrons. The van der Waals surface area contributed by atoms with Gasteiger partial charge in [0.25, 0.3) is 0 Å². The predicted octanol–water partition coefficient (Wildman–Crippen LogP) is 4.73. The van der Waals surface area contributed by atoms with Crippen molar-refractivity contribution in [3.63, 3.8) is 0 Å². The highest BCUT2D eigenvalue weighted by atomic mass is 79.9. The van der Waals surface area contributed by atoms with Crippen LogP contribution in [0.15, 0.2) is 51.8 Å². The number of thioether (sulfide) groups is 1. The highest BCUT2D eigenvalue weighted by molar-refractivity contribution is 9.10. The number of ether oxygens (including phenoxy) is 1. The Labute approximate surface area is 131 Å². The number of hydrogen-bond acceptors (Lipinski definition) is 3. The topological polar surface area (TPSA) is 29.5 Å². The summed E-state index contributed by atoms with van der Waals surface area (Å²) in [6, 6.07) is 14.1. The Morgan fingerprint density at radius 2 is 1.95 bits per heavy atom. The molecule has 0 amide bonds. The van der Waals surface area contributed by atoms with Crippen LogP contribution in [-0.2, 0) is 0 Å². The molecule has 0 spiro atoms. The quantitative estimate of drug-likeness (QED) is 0.794. The summed E-state index contributed by atoms with van der Waals surface area (Å²) in [4.78, 5) is 1.23. The standard InChI is InChI=1S/C16H15BrO2S/c1-20-12-5-2-10(3-6-12)16-9-14(18)13-8-11(17)4-7-15(13)19-16/h2-8,14,16,18H,9H2,1H3/t14-,16?/m1/s1. The molecule has 0 saturated carbocycles. The summed E-state index contributed by atoms with van der Waals surface area (Å²) >= 11 is 5.14. The normalized spacial score (nSPS) is 21.1. The lowest BCUT2D eigenvalue weighted by atomic mass is 9.95. The monoisotopic (exact) mass is 350 g/mol. The van der Waals surface area contributed by atoms with Crippen LogP contribution in [0, 0.1) is 0 Å². The Morgan fingerprint density at radius 3 is 2.65 bits per heavy atom. The van der Waals surface area contributed by atoms with E-state index in [0.29, 0.717) is 6.42 Å². The van der Waals surface area contributed by atoms with Gasteiger partial charge in [-0.3, -0.25) is 0 Å². The van der Waals surface area contributed by atoms with Crippen LogP contribution in [0.4, 0.5) is 0 Å². The van der Waals surface area contributed by atoms with E-state index in [-0.39, 0.29) is 6.10 Å². The van der Waals surface area contributed by atoms with Gasteiger partial charge < -0.3 is 9.84 Å². The second kappa shape index (κ2) is 5.80. The Balaban J connectivity index is 1.88. The van der Waals surface area contributed by atoms with Crippen molar-refractivity contribution in [2.45, 2.75) is 23.5 Å². The van der Waals surface area contributed by atoms with Crippen molar-refractivity contribution >= 4 is 27.7 Å². The van der Waals surface area contributed by atoms with Gasteiger partial charge in [-0.15, -0.1) is 11.8 Å². The van der Waals surface area contributed by atoms with Gasteiger partial charge in [0.2, 0.25) is 0 Å². The van der Waals surface area contributed by atoms with E-state index in [1.807, 2.05) is 18.2 Å². The van der Waals surface area contributed by atoms with E-state index in [2.05, 4.69) is 46.5 Å². The predicted molar refractivity (Wildman–Crippen MR) is 85.3 cm³/mol.